The molecule has 0 fully saturated rings. The van der Waals surface area contributed by atoms with Crippen molar-refractivity contribution >= 4 is 17.7 Å². The van der Waals surface area contributed by atoms with Gasteiger partial charge in [-0.1, -0.05) is 0 Å². The minimum Gasteiger partial charge on any atom is -0.483 e. The Morgan fingerprint density at radius 3 is 2.79 bits per heavy atom. The second-order valence-corrected chi connectivity index (χ2v) is 4.56. The monoisotopic (exact) mass is 336 g/mol. The van der Waals surface area contributed by atoms with Crippen molar-refractivity contribution in [3.63, 3.8) is 0 Å². The average Bonchev–Trinajstić information content (AvgIpc) is 3.04. The van der Waals surface area contributed by atoms with E-state index < -0.39 is 18.7 Å². The van der Waals surface area contributed by atoms with Crippen LogP contribution in [0.25, 0.3) is 6.08 Å². The molecule has 24 heavy (non-hydrogen) atoms. The molecule has 1 aromatic heterocycles. The Morgan fingerprint density at radius 2 is 2.17 bits per heavy atom. The van der Waals surface area contributed by atoms with Gasteiger partial charge in [-0.25, -0.2) is 0 Å². The topological polar surface area (TPSA) is 75.3 Å². The number of hydrogen-bond donors (Lipinski definition) is 1. The fraction of sp³-hybridized carbons (Fsp3) is 0.125. The van der Waals surface area contributed by atoms with Crippen molar-refractivity contribution in [3.8, 4) is 11.8 Å². The zero-order valence-electron chi connectivity index (χ0n) is 12.1. The number of furan rings is 1. The summed E-state index contributed by atoms with van der Waals surface area (Å²) >= 11 is 0. The lowest BCUT2D eigenvalue weighted by molar-refractivity contribution is -0.153. The maximum absolute atomic E-state index is 12.1. The van der Waals surface area contributed by atoms with E-state index in [1.54, 1.807) is 18.2 Å². The number of alkyl halides is 3. The molecule has 0 bridgehead atoms. The first-order chi connectivity index (χ1) is 11.4. The zero-order valence-corrected chi connectivity index (χ0v) is 12.1. The van der Waals surface area contributed by atoms with Gasteiger partial charge in [0.1, 0.15) is 17.6 Å². The van der Waals surface area contributed by atoms with E-state index >= 15 is 0 Å². The van der Waals surface area contributed by atoms with E-state index in [1.807, 2.05) is 0 Å². The smallest absolute Gasteiger partial charge is 0.422 e. The van der Waals surface area contributed by atoms with Gasteiger partial charge in [0.05, 0.1) is 11.8 Å². The van der Waals surface area contributed by atoms with E-state index in [2.05, 4.69) is 10.1 Å². The van der Waals surface area contributed by atoms with Gasteiger partial charge >= 0.3 is 6.18 Å². The van der Waals surface area contributed by atoms with E-state index in [1.165, 1.54) is 36.6 Å². The molecule has 0 saturated carbocycles. The molecule has 8 heteroatoms. The molecule has 1 N–H and O–H groups in total. The van der Waals surface area contributed by atoms with Crippen molar-refractivity contribution in [1.29, 1.82) is 5.26 Å². The summed E-state index contributed by atoms with van der Waals surface area (Å²) in [6.07, 6.45) is -0.382. The first-order valence-corrected chi connectivity index (χ1v) is 6.63. The van der Waals surface area contributed by atoms with Crippen LogP contribution in [0.2, 0.25) is 0 Å². The van der Waals surface area contributed by atoms with Crippen molar-refractivity contribution in [1.82, 2.24) is 0 Å². The molecule has 1 amide bonds. The number of nitrogens with one attached hydrogen (secondary N) is 1. The van der Waals surface area contributed by atoms with Crippen LogP contribution in [0.3, 0.4) is 0 Å². The summed E-state index contributed by atoms with van der Waals surface area (Å²) in [7, 11) is 0. The summed E-state index contributed by atoms with van der Waals surface area (Å²) in [6.45, 7) is -1.50. The van der Waals surface area contributed by atoms with Crippen molar-refractivity contribution in [2.75, 3.05) is 11.9 Å². The van der Waals surface area contributed by atoms with Crippen LogP contribution >= 0.6 is 0 Å². The minimum absolute atomic E-state index is 0.118. The Bertz CT molecular complexity index is 775. The number of amides is 1. The van der Waals surface area contributed by atoms with Gasteiger partial charge in [-0.15, -0.1) is 0 Å². The summed E-state index contributed by atoms with van der Waals surface area (Å²) in [5.74, 6) is -0.211. The molecule has 0 saturated heterocycles. The predicted octanol–water partition coefficient (Wildman–Crippen LogP) is 3.74. The van der Waals surface area contributed by atoms with Crippen LogP contribution in [0.1, 0.15) is 11.3 Å². The van der Waals surface area contributed by atoms with Crippen LogP contribution in [-0.2, 0) is 4.79 Å². The Hall–Kier alpha value is -3.21. The molecule has 0 spiro atoms. The third kappa shape index (κ3) is 5.21. The summed E-state index contributed by atoms with van der Waals surface area (Å²) in [5, 5.41) is 11.5. The molecule has 0 aliphatic rings. The van der Waals surface area contributed by atoms with Gasteiger partial charge < -0.3 is 14.5 Å². The van der Waals surface area contributed by atoms with Crippen molar-refractivity contribution in [2.45, 2.75) is 6.18 Å². The molecule has 0 aliphatic carbocycles. The highest BCUT2D eigenvalue weighted by molar-refractivity contribution is 6.01. The lowest BCUT2D eigenvalue weighted by Gasteiger charge is -2.11. The number of carbonyl (C=O) groups excluding carboxylic acids is 1. The molecule has 1 aromatic carbocycles. The van der Waals surface area contributed by atoms with Crippen LogP contribution in [-0.4, -0.2) is 18.7 Å². The number of nitriles is 1. The second kappa shape index (κ2) is 7.37. The third-order valence-electron chi connectivity index (χ3n) is 2.70. The highest BCUT2D eigenvalue weighted by Crippen LogP contribution is 2.24. The number of benzene rings is 1. The fourth-order valence-corrected chi connectivity index (χ4v) is 1.71. The highest BCUT2D eigenvalue weighted by Gasteiger charge is 2.28. The Labute approximate surface area is 134 Å². The lowest BCUT2D eigenvalue weighted by Crippen LogP contribution is -2.19. The molecule has 5 nitrogen and oxygen atoms in total. The number of hydrogen-bond acceptors (Lipinski definition) is 4. The predicted molar refractivity (Wildman–Crippen MR) is 79.1 cm³/mol. The number of ether oxygens (including phenoxy) is 1. The van der Waals surface area contributed by atoms with Crippen molar-refractivity contribution < 1.29 is 27.1 Å². The SMILES string of the molecule is N#Cc1cc(NC(=O)/C=C/c2ccco2)ccc1OCC(F)(F)F. The average molecular weight is 336 g/mol. The number of nitrogens with zero attached hydrogens (tertiary/aromatic N) is 1. The summed E-state index contributed by atoms with van der Waals surface area (Å²) in [6, 6.07) is 8.80. The molecular weight excluding hydrogens is 325 g/mol. The summed E-state index contributed by atoms with van der Waals surface area (Å²) in [5.41, 5.74) is 0.132. The first kappa shape index (κ1) is 17.1. The van der Waals surface area contributed by atoms with Crippen molar-refractivity contribution in [3.05, 3.63) is 54.0 Å². The maximum Gasteiger partial charge on any atom is 0.422 e. The number of anilines is 1. The van der Waals surface area contributed by atoms with Crippen molar-refractivity contribution in [2.24, 2.45) is 0 Å². The van der Waals surface area contributed by atoms with E-state index in [0.29, 0.717) is 5.76 Å². The second-order valence-electron chi connectivity index (χ2n) is 4.56. The van der Waals surface area contributed by atoms with Crippen LogP contribution in [0.4, 0.5) is 18.9 Å². The van der Waals surface area contributed by atoms with Crippen LogP contribution in [0.5, 0.6) is 5.75 Å². The Balaban J connectivity index is 2.03. The van der Waals surface area contributed by atoms with Gasteiger partial charge in [0.15, 0.2) is 6.61 Å². The van der Waals surface area contributed by atoms with Crippen LogP contribution in [0, 0.1) is 11.3 Å². The Kier molecular flexibility index (Phi) is 5.27. The largest absolute Gasteiger partial charge is 0.483 e. The molecule has 0 radical (unpaired) electrons. The standard InChI is InChI=1S/C16H11F3N2O3/c17-16(18,19)10-24-14-5-3-12(8-11(14)9-20)21-15(22)6-4-13-2-1-7-23-13/h1-8H,10H2,(H,21,22)/b6-4+. The van der Waals surface area contributed by atoms with E-state index in [4.69, 9.17) is 9.68 Å². The number of rotatable bonds is 5. The normalized spacial score (nSPS) is 11.2. The molecule has 0 atom stereocenters. The molecule has 124 valence electrons. The van der Waals surface area contributed by atoms with Crippen LogP contribution in [0.15, 0.2) is 47.1 Å². The summed E-state index contributed by atoms with van der Waals surface area (Å²) < 4.78 is 46.0. The molecule has 2 rings (SSSR count). The zero-order chi connectivity index (χ0) is 17.6. The molecule has 1 heterocycles. The van der Waals surface area contributed by atoms with Gasteiger partial charge in [0.2, 0.25) is 5.91 Å². The molecule has 0 aliphatic heterocycles. The number of halogens is 3. The maximum atomic E-state index is 12.1. The van der Waals surface area contributed by atoms with Gasteiger partial charge in [0, 0.05) is 11.8 Å². The quantitative estimate of drug-likeness (QED) is 0.844. The summed E-state index contributed by atoms with van der Waals surface area (Å²) in [4.78, 5) is 11.7. The van der Waals surface area contributed by atoms with Gasteiger partial charge in [0.25, 0.3) is 0 Å². The third-order valence-corrected chi connectivity index (χ3v) is 2.70. The van der Waals surface area contributed by atoms with E-state index in [0.717, 1.165) is 0 Å². The van der Waals surface area contributed by atoms with E-state index in [9.17, 15) is 18.0 Å². The molecule has 0 unspecified atom stereocenters. The van der Waals surface area contributed by atoms with Gasteiger partial charge in [-0.05, 0) is 36.4 Å². The van der Waals surface area contributed by atoms with Gasteiger partial charge in [-0.2, -0.15) is 18.4 Å². The highest BCUT2D eigenvalue weighted by atomic mass is 19.4. The minimum atomic E-state index is -4.50. The fourth-order valence-electron chi connectivity index (χ4n) is 1.71. The van der Waals surface area contributed by atoms with Crippen LogP contribution < -0.4 is 10.1 Å². The lowest BCUT2D eigenvalue weighted by atomic mass is 10.2. The number of carbonyl (C=O) groups is 1. The Morgan fingerprint density at radius 1 is 1.38 bits per heavy atom. The molecular formula is C16H11F3N2O3. The molecule has 2 aromatic rings. The van der Waals surface area contributed by atoms with E-state index in [-0.39, 0.29) is 17.0 Å². The first-order valence-electron chi connectivity index (χ1n) is 6.63. The van der Waals surface area contributed by atoms with Gasteiger partial charge in [-0.3, -0.25) is 4.79 Å².